The Kier molecular flexibility index (Phi) is 21.7. The van der Waals surface area contributed by atoms with E-state index in [2.05, 4.69) is 40.0 Å². The van der Waals surface area contributed by atoms with Gasteiger partial charge in [-0.1, -0.05) is 0 Å². The van der Waals surface area contributed by atoms with Gasteiger partial charge in [-0.3, -0.25) is 0 Å². The van der Waals surface area contributed by atoms with Crippen LogP contribution in [0.1, 0.15) is 136 Å². The molecule has 0 saturated heterocycles. The number of hydrogen-bond acceptors (Lipinski definition) is 0. The molecule has 0 atom stereocenters. The summed E-state index contributed by atoms with van der Waals surface area (Å²) in [6.07, 6.45) is 27.9. The third-order valence-electron chi connectivity index (χ3n) is 6.95. The molecule has 0 nitrogen and oxygen atoms in total. The average molecular weight is 511 g/mol. The first-order chi connectivity index (χ1) is 14.2. The van der Waals surface area contributed by atoms with E-state index in [9.17, 15) is 0 Å². The number of hydrogen-bond donors (Lipinski definition) is 0. The Labute approximate surface area is 190 Å². The van der Waals surface area contributed by atoms with Crippen LogP contribution in [0.25, 0.3) is 0 Å². The zero-order chi connectivity index (χ0) is 21.6. The maximum absolute atomic E-state index is 4.61. The standard InChI is InChI=1S/3C8H17.C4H5.Sn/c3*1-3-5-7-8-6-4-2;1-3-4-2;/h3*1,3-8H2,2H3;3H,1-2H2;. The quantitative estimate of drug-likeness (QED) is 0.0727. The van der Waals surface area contributed by atoms with Gasteiger partial charge in [0.05, 0.1) is 0 Å². The minimum absolute atomic E-state index is 1.35. The molecule has 0 fully saturated rings. The van der Waals surface area contributed by atoms with Crippen molar-refractivity contribution >= 4 is 18.4 Å². The third kappa shape index (κ3) is 15.7. The Hall–Kier alpha value is 0.279. The molecule has 0 spiro atoms. The molecule has 0 unspecified atom stereocenters. The zero-order valence-corrected chi connectivity index (χ0v) is 23.7. The number of rotatable bonds is 23. The Morgan fingerprint density at radius 1 is 0.517 bits per heavy atom. The summed E-state index contributed by atoms with van der Waals surface area (Å²) < 4.78 is 6.20. The second-order valence-corrected chi connectivity index (χ2v) is 23.0. The molecular weight excluding hydrogens is 455 g/mol. The van der Waals surface area contributed by atoms with E-state index in [0.29, 0.717) is 0 Å². The van der Waals surface area contributed by atoms with Gasteiger partial charge in [0, 0.05) is 0 Å². The topological polar surface area (TPSA) is 0 Å². The van der Waals surface area contributed by atoms with Gasteiger partial charge in [-0.2, -0.15) is 0 Å². The van der Waals surface area contributed by atoms with Crippen molar-refractivity contribution in [1.82, 2.24) is 0 Å². The molecule has 0 aliphatic heterocycles. The van der Waals surface area contributed by atoms with Crippen LogP contribution in [-0.4, -0.2) is 18.4 Å². The molecule has 0 aromatic rings. The molecule has 0 rings (SSSR count). The summed E-state index contributed by atoms with van der Waals surface area (Å²) in [5.74, 6) is 0. The fourth-order valence-corrected chi connectivity index (χ4v) is 18.9. The average Bonchev–Trinajstić information content (AvgIpc) is 2.74. The molecule has 172 valence electrons. The summed E-state index contributed by atoms with van der Waals surface area (Å²) in [5, 5.41) is 0. The van der Waals surface area contributed by atoms with Gasteiger partial charge in [0.2, 0.25) is 0 Å². The van der Waals surface area contributed by atoms with E-state index in [1.165, 1.54) is 116 Å². The van der Waals surface area contributed by atoms with Crippen molar-refractivity contribution in [2.24, 2.45) is 0 Å². The molecule has 0 heterocycles. The molecule has 0 radical (unpaired) electrons. The molecule has 0 aliphatic carbocycles. The van der Waals surface area contributed by atoms with Crippen molar-refractivity contribution in [2.75, 3.05) is 0 Å². The molecule has 0 aromatic heterocycles. The fraction of sp³-hybridized carbons (Fsp3) is 0.857. The maximum atomic E-state index is 4.61. The molecule has 0 aliphatic rings. The first kappa shape index (κ1) is 29.3. The Bertz CT molecular complexity index is 330. The second-order valence-electron chi connectivity index (χ2n) is 9.56. The van der Waals surface area contributed by atoms with Crippen molar-refractivity contribution in [3.63, 3.8) is 0 Å². The summed E-state index contributed by atoms with van der Waals surface area (Å²) >= 11 is -2.31. The van der Waals surface area contributed by atoms with Gasteiger partial charge >= 0.3 is 191 Å². The Morgan fingerprint density at radius 3 is 1.07 bits per heavy atom. The van der Waals surface area contributed by atoms with Crippen molar-refractivity contribution in [3.8, 4) is 0 Å². The predicted octanol–water partition coefficient (Wildman–Crippen LogP) is 10.8. The molecule has 0 N–H and O–H groups in total. The van der Waals surface area contributed by atoms with Gasteiger partial charge in [-0.25, -0.2) is 0 Å². The van der Waals surface area contributed by atoms with E-state index in [0.717, 1.165) is 0 Å². The van der Waals surface area contributed by atoms with Crippen molar-refractivity contribution in [1.29, 1.82) is 0 Å². The van der Waals surface area contributed by atoms with E-state index in [4.69, 9.17) is 0 Å². The van der Waals surface area contributed by atoms with Crippen LogP contribution in [0.3, 0.4) is 0 Å². The summed E-state index contributed by atoms with van der Waals surface area (Å²) in [7, 11) is 0. The van der Waals surface area contributed by atoms with Crippen LogP contribution in [0.4, 0.5) is 0 Å². The van der Waals surface area contributed by atoms with Gasteiger partial charge < -0.3 is 0 Å². The molecule has 29 heavy (non-hydrogen) atoms. The first-order valence-corrected chi connectivity index (χ1v) is 21.0. The van der Waals surface area contributed by atoms with Crippen LogP contribution < -0.4 is 0 Å². The predicted molar refractivity (Wildman–Crippen MR) is 140 cm³/mol. The SMILES string of the molecule is C=C[C](=C)[Sn]([CH2]CCCCCCC)([CH2]CCCCCCC)[CH2]CCCCCCC. The van der Waals surface area contributed by atoms with Crippen molar-refractivity contribution in [2.45, 2.75) is 150 Å². The molecule has 0 saturated carbocycles. The van der Waals surface area contributed by atoms with Crippen LogP contribution in [0.15, 0.2) is 22.8 Å². The monoisotopic (exact) mass is 512 g/mol. The van der Waals surface area contributed by atoms with Crippen LogP contribution in [0.2, 0.25) is 13.3 Å². The Balaban J connectivity index is 4.66. The molecule has 1 heteroatoms. The van der Waals surface area contributed by atoms with Gasteiger partial charge in [0.15, 0.2) is 0 Å². The van der Waals surface area contributed by atoms with Crippen molar-refractivity contribution < 1.29 is 0 Å². The summed E-state index contributed by atoms with van der Waals surface area (Å²) in [5.41, 5.74) is 0. The van der Waals surface area contributed by atoms with E-state index in [1.54, 1.807) is 16.9 Å². The Morgan fingerprint density at radius 2 is 0.793 bits per heavy atom. The summed E-state index contributed by atoms with van der Waals surface area (Å²) in [4.78, 5) is 0. The van der Waals surface area contributed by atoms with E-state index in [1.807, 2.05) is 0 Å². The van der Waals surface area contributed by atoms with Gasteiger partial charge in [-0.15, -0.1) is 0 Å². The summed E-state index contributed by atoms with van der Waals surface area (Å²) in [6.45, 7) is 15.7. The molecule has 0 bridgehead atoms. The van der Waals surface area contributed by atoms with E-state index < -0.39 is 18.4 Å². The minimum atomic E-state index is -2.31. The zero-order valence-electron chi connectivity index (χ0n) is 20.8. The number of allylic oxidation sites excluding steroid dienone is 2. The van der Waals surface area contributed by atoms with Crippen molar-refractivity contribution in [3.05, 3.63) is 22.8 Å². The molecule has 0 aromatic carbocycles. The van der Waals surface area contributed by atoms with Gasteiger partial charge in [-0.05, 0) is 0 Å². The van der Waals surface area contributed by atoms with E-state index >= 15 is 0 Å². The van der Waals surface area contributed by atoms with Crippen LogP contribution in [0, 0.1) is 0 Å². The second kappa shape index (κ2) is 21.5. The third-order valence-corrected chi connectivity index (χ3v) is 22.6. The summed E-state index contributed by atoms with van der Waals surface area (Å²) in [6, 6.07) is 0. The van der Waals surface area contributed by atoms with Crippen LogP contribution in [0.5, 0.6) is 0 Å². The van der Waals surface area contributed by atoms with Gasteiger partial charge in [0.1, 0.15) is 0 Å². The molecule has 0 amide bonds. The van der Waals surface area contributed by atoms with Crippen LogP contribution >= 0.6 is 0 Å². The van der Waals surface area contributed by atoms with Crippen LogP contribution in [-0.2, 0) is 0 Å². The first-order valence-electron chi connectivity index (χ1n) is 13.5. The number of unbranched alkanes of at least 4 members (excludes halogenated alkanes) is 15. The normalized spacial score (nSPS) is 11.7. The van der Waals surface area contributed by atoms with E-state index in [-0.39, 0.29) is 0 Å². The molecular formula is C28H56Sn. The van der Waals surface area contributed by atoms with Gasteiger partial charge in [0.25, 0.3) is 0 Å². The fourth-order valence-electron chi connectivity index (χ4n) is 4.80.